The Bertz CT molecular complexity index is 1040. The number of fused-ring (bicyclic) bond motifs is 2. The normalized spacial score (nSPS) is 16.6. The van der Waals surface area contributed by atoms with Crippen molar-refractivity contribution in [2.45, 2.75) is 32.4 Å². The van der Waals surface area contributed by atoms with E-state index in [4.69, 9.17) is 9.15 Å². The Morgan fingerprint density at radius 1 is 1.17 bits per heavy atom. The maximum atomic E-state index is 12.3. The third-order valence-electron chi connectivity index (χ3n) is 5.77. The number of anilines is 1. The molecule has 1 unspecified atom stereocenters. The summed E-state index contributed by atoms with van der Waals surface area (Å²) in [7, 11) is 0. The van der Waals surface area contributed by atoms with Gasteiger partial charge in [0.2, 0.25) is 0 Å². The van der Waals surface area contributed by atoms with Gasteiger partial charge in [-0.15, -0.1) is 0 Å². The fourth-order valence-electron chi connectivity index (χ4n) is 4.01. The van der Waals surface area contributed by atoms with Crippen LogP contribution < -0.4 is 10.1 Å². The molecule has 0 bridgehead atoms. The van der Waals surface area contributed by atoms with Gasteiger partial charge in [0.05, 0.1) is 18.8 Å². The molecule has 1 atom stereocenters. The molecule has 1 N–H and O–H groups in total. The summed E-state index contributed by atoms with van der Waals surface area (Å²) in [5.41, 5.74) is 4.04. The fourth-order valence-corrected chi connectivity index (χ4v) is 4.01. The van der Waals surface area contributed by atoms with Crippen LogP contribution >= 0.6 is 0 Å². The number of hydrogen-bond donors (Lipinski definition) is 1. The molecule has 0 spiro atoms. The van der Waals surface area contributed by atoms with Crippen LogP contribution in [-0.2, 0) is 19.4 Å². The number of carbonyl (C=O) groups is 1. The topological polar surface area (TPSA) is 67.6 Å². The van der Waals surface area contributed by atoms with E-state index in [1.807, 2.05) is 18.2 Å². The number of carbonyl (C=O) groups excluding carboxylic acids is 1. The molecule has 148 valence electrons. The van der Waals surface area contributed by atoms with Crippen LogP contribution in [0, 0.1) is 0 Å². The Balaban J connectivity index is 1.29. The average Bonchev–Trinajstić information content (AvgIpc) is 3.38. The number of rotatable bonds is 4. The summed E-state index contributed by atoms with van der Waals surface area (Å²) >= 11 is 0. The second-order valence-corrected chi connectivity index (χ2v) is 7.57. The molecule has 5 rings (SSSR count). The first-order chi connectivity index (χ1) is 14.2. The van der Waals surface area contributed by atoms with Gasteiger partial charge in [-0.1, -0.05) is 30.3 Å². The molecule has 2 aliphatic heterocycles. The molecule has 1 amide bonds. The lowest BCUT2D eigenvalue weighted by atomic mass is 10.0. The Morgan fingerprint density at radius 2 is 2.03 bits per heavy atom. The van der Waals surface area contributed by atoms with Gasteiger partial charge in [-0.05, 0) is 36.2 Å². The van der Waals surface area contributed by atoms with E-state index in [9.17, 15) is 4.79 Å². The highest BCUT2D eigenvalue weighted by atomic mass is 16.5. The predicted octanol–water partition coefficient (Wildman–Crippen LogP) is 3.98. The van der Waals surface area contributed by atoms with Crippen molar-refractivity contribution in [2.75, 3.05) is 18.5 Å². The number of hydrogen-bond acceptors (Lipinski definition) is 5. The van der Waals surface area contributed by atoms with Gasteiger partial charge in [-0.3, -0.25) is 15.0 Å². The molecule has 6 nitrogen and oxygen atoms in total. The highest BCUT2D eigenvalue weighted by Gasteiger charge is 2.27. The van der Waals surface area contributed by atoms with Gasteiger partial charge >= 0.3 is 6.01 Å². The van der Waals surface area contributed by atoms with Crippen LogP contribution in [0.2, 0.25) is 0 Å². The van der Waals surface area contributed by atoms with Crippen LogP contribution in [0.5, 0.6) is 5.75 Å². The summed E-state index contributed by atoms with van der Waals surface area (Å²) in [4.78, 5) is 19.2. The number of ether oxygens (including phenoxy) is 1. The van der Waals surface area contributed by atoms with E-state index in [1.54, 1.807) is 12.1 Å². The van der Waals surface area contributed by atoms with Crippen molar-refractivity contribution in [1.82, 2.24) is 9.88 Å². The zero-order chi connectivity index (χ0) is 19.8. The second-order valence-electron chi connectivity index (χ2n) is 7.57. The molecule has 0 radical (unpaired) electrons. The largest absolute Gasteiger partial charge is 0.493 e. The standard InChI is InChI=1S/C23H23N3O3/c1-15(18-8-7-16-10-12-28-20(16)13-18)26-11-9-19-21(14-26)29-23(24-19)25-22(27)17-5-3-2-4-6-17/h2-8,13,15H,9-12,14H2,1H3,(H,24,25,27). The highest BCUT2D eigenvalue weighted by Crippen LogP contribution is 2.33. The van der Waals surface area contributed by atoms with E-state index in [-0.39, 0.29) is 18.0 Å². The third-order valence-corrected chi connectivity index (χ3v) is 5.77. The van der Waals surface area contributed by atoms with Crippen LogP contribution in [0.25, 0.3) is 0 Å². The molecule has 29 heavy (non-hydrogen) atoms. The van der Waals surface area contributed by atoms with Gasteiger partial charge < -0.3 is 9.15 Å². The van der Waals surface area contributed by atoms with Gasteiger partial charge in [0.1, 0.15) is 11.5 Å². The Hall–Kier alpha value is -3.12. The van der Waals surface area contributed by atoms with Crippen molar-refractivity contribution in [3.8, 4) is 5.75 Å². The van der Waals surface area contributed by atoms with E-state index < -0.39 is 0 Å². The molecule has 2 aliphatic rings. The van der Waals surface area contributed by atoms with Crippen molar-refractivity contribution in [2.24, 2.45) is 0 Å². The number of amides is 1. The third kappa shape index (κ3) is 3.51. The fraction of sp³-hybridized carbons (Fsp3) is 0.304. The van der Waals surface area contributed by atoms with Gasteiger partial charge in [0.15, 0.2) is 0 Å². The molecular formula is C23H23N3O3. The number of oxazole rings is 1. The average molecular weight is 389 g/mol. The summed E-state index contributed by atoms with van der Waals surface area (Å²) in [6, 6.07) is 16.1. The summed E-state index contributed by atoms with van der Waals surface area (Å²) in [5.74, 6) is 1.62. The second kappa shape index (κ2) is 7.37. The number of benzene rings is 2. The van der Waals surface area contributed by atoms with Crippen LogP contribution in [0.1, 0.15) is 45.9 Å². The summed E-state index contributed by atoms with van der Waals surface area (Å²) in [6.45, 7) is 4.54. The Labute approximate surface area is 169 Å². The molecule has 2 aromatic carbocycles. The molecular weight excluding hydrogens is 366 g/mol. The molecule has 1 aromatic heterocycles. The molecule has 0 saturated heterocycles. The van der Waals surface area contributed by atoms with Crippen molar-refractivity contribution < 1.29 is 13.9 Å². The maximum Gasteiger partial charge on any atom is 0.302 e. The molecule has 3 aromatic rings. The van der Waals surface area contributed by atoms with Gasteiger partial charge in [0, 0.05) is 31.0 Å². The number of nitrogens with zero attached hydrogens (tertiary/aromatic N) is 2. The highest BCUT2D eigenvalue weighted by molar-refractivity contribution is 6.03. The maximum absolute atomic E-state index is 12.3. The van der Waals surface area contributed by atoms with E-state index in [0.717, 1.165) is 43.2 Å². The lowest BCUT2D eigenvalue weighted by molar-refractivity contribution is 0.102. The lowest BCUT2D eigenvalue weighted by Crippen LogP contribution is -2.32. The van der Waals surface area contributed by atoms with Gasteiger partial charge in [0.25, 0.3) is 5.91 Å². The smallest absolute Gasteiger partial charge is 0.302 e. The summed E-state index contributed by atoms with van der Waals surface area (Å²) in [5, 5.41) is 2.77. The first-order valence-electron chi connectivity index (χ1n) is 10.0. The van der Waals surface area contributed by atoms with Gasteiger partial charge in [-0.25, -0.2) is 0 Å². The zero-order valence-corrected chi connectivity index (χ0v) is 16.4. The molecule has 3 heterocycles. The molecule has 0 aliphatic carbocycles. The van der Waals surface area contributed by atoms with Crippen molar-refractivity contribution in [1.29, 1.82) is 0 Å². The van der Waals surface area contributed by atoms with Crippen molar-refractivity contribution in [3.05, 3.63) is 76.7 Å². The van der Waals surface area contributed by atoms with Crippen molar-refractivity contribution >= 4 is 11.9 Å². The Morgan fingerprint density at radius 3 is 2.90 bits per heavy atom. The first-order valence-corrected chi connectivity index (χ1v) is 10.0. The molecule has 6 heteroatoms. The minimum Gasteiger partial charge on any atom is -0.493 e. The Kier molecular flexibility index (Phi) is 4.56. The molecule has 0 saturated carbocycles. The molecule has 0 fully saturated rings. The van der Waals surface area contributed by atoms with Crippen molar-refractivity contribution in [3.63, 3.8) is 0 Å². The van der Waals surface area contributed by atoms with Gasteiger partial charge in [-0.2, -0.15) is 4.98 Å². The van der Waals surface area contributed by atoms with E-state index in [2.05, 4.69) is 40.3 Å². The number of nitrogens with one attached hydrogen (secondary N) is 1. The van der Waals surface area contributed by atoms with Crippen LogP contribution in [0.3, 0.4) is 0 Å². The SMILES string of the molecule is CC(c1ccc2c(c1)OCC2)N1CCc2nc(NC(=O)c3ccccc3)oc2C1. The monoisotopic (exact) mass is 389 g/mol. The number of aromatic nitrogens is 1. The van der Waals surface area contributed by atoms with E-state index >= 15 is 0 Å². The lowest BCUT2D eigenvalue weighted by Gasteiger charge is -2.31. The van der Waals surface area contributed by atoms with Crippen LogP contribution in [-0.4, -0.2) is 28.9 Å². The van der Waals surface area contributed by atoms with E-state index in [1.165, 1.54) is 11.1 Å². The predicted molar refractivity (Wildman–Crippen MR) is 109 cm³/mol. The minimum atomic E-state index is -0.215. The summed E-state index contributed by atoms with van der Waals surface area (Å²) < 4.78 is 11.6. The quantitative estimate of drug-likeness (QED) is 0.731. The minimum absolute atomic E-state index is 0.215. The zero-order valence-electron chi connectivity index (χ0n) is 16.4. The van der Waals surface area contributed by atoms with Crippen LogP contribution in [0.4, 0.5) is 6.01 Å². The summed E-state index contributed by atoms with van der Waals surface area (Å²) in [6.07, 6.45) is 1.79. The van der Waals surface area contributed by atoms with Crippen LogP contribution in [0.15, 0.2) is 52.9 Å². The first kappa shape index (κ1) is 17.9. The van der Waals surface area contributed by atoms with E-state index in [0.29, 0.717) is 12.1 Å².